The molecule has 2 aromatic carbocycles. The van der Waals surface area contributed by atoms with Crippen molar-refractivity contribution >= 4 is 11.6 Å². The number of β-amino-alcohol motifs (C(OH)–C–C–N with tert-alkyl or cyclic N) is 1. The van der Waals surface area contributed by atoms with E-state index in [0.717, 1.165) is 38.0 Å². The molecule has 2 aliphatic rings. The third-order valence-electron chi connectivity index (χ3n) is 6.37. The third-order valence-corrected chi connectivity index (χ3v) is 6.37. The van der Waals surface area contributed by atoms with Gasteiger partial charge in [-0.3, -0.25) is 9.69 Å². The average molecular weight is 438 g/mol. The summed E-state index contributed by atoms with van der Waals surface area (Å²) in [6.45, 7) is 6.77. The number of aliphatic hydroxyl groups excluding tert-OH is 1. The summed E-state index contributed by atoms with van der Waals surface area (Å²) in [4.78, 5) is 14.9. The molecule has 1 fully saturated rings. The summed E-state index contributed by atoms with van der Waals surface area (Å²) in [5, 5.41) is 16.9. The topological polar surface area (TPSA) is 73.8 Å². The first kappa shape index (κ1) is 22.8. The van der Waals surface area contributed by atoms with Crippen molar-refractivity contribution in [3.05, 3.63) is 65.2 Å². The van der Waals surface area contributed by atoms with Crippen LogP contribution in [-0.4, -0.2) is 59.9 Å². The Hall–Kier alpha value is -2.41. The number of benzene rings is 2. The first-order valence-corrected chi connectivity index (χ1v) is 11.7. The Bertz CT molecular complexity index is 909. The van der Waals surface area contributed by atoms with Gasteiger partial charge in [0.05, 0.1) is 18.3 Å². The molecule has 0 radical (unpaired) electrons. The van der Waals surface area contributed by atoms with Gasteiger partial charge in [0.25, 0.3) is 5.91 Å². The second-order valence-corrected chi connectivity index (χ2v) is 9.27. The molecule has 2 unspecified atom stereocenters. The van der Waals surface area contributed by atoms with Crippen LogP contribution in [-0.2, 0) is 17.7 Å². The minimum Gasteiger partial charge on any atom is -0.390 e. The molecule has 4 rings (SSSR count). The highest BCUT2D eigenvalue weighted by molar-refractivity contribution is 5.95. The number of nitrogens with one attached hydrogen (secondary N) is 2. The molecule has 2 heterocycles. The summed E-state index contributed by atoms with van der Waals surface area (Å²) < 4.78 is 5.81. The molecule has 0 bridgehead atoms. The Labute approximate surface area is 191 Å². The number of aliphatic hydroxyl groups is 1. The van der Waals surface area contributed by atoms with E-state index in [1.54, 1.807) is 0 Å². The molecule has 2 aliphatic heterocycles. The van der Waals surface area contributed by atoms with Crippen LogP contribution in [0, 0.1) is 0 Å². The summed E-state index contributed by atoms with van der Waals surface area (Å²) in [7, 11) is 0. The number of hydrogen-bond donors (Lipinski definition) is 3. The normalized spacial score (nSPS) is 24.4. The summed E-state index contributed by atoms with van der Waals surface area (Å²) in [6.07, 6.45) is 2.77. The van der Waals surface area contributed by atoms with Crippen LogP contribution in [0.4, 0.5) is 5.69 Å². The summed E-state index contributed by atoms with van der Waals surface area (Å²) in [5.74, 6) is -0.162. The van der Waals surface area contributed by atoms with E-state index >= 15 is 0 Å². The molecule has 6 heteroatoms. The zero-order valence-electron chi connectivity index (χ0n) is 19.1. The molecule has 3 N–H and O–H groups in total. The fraction of sp³-hybridized carbons (Fsp3) is 0.500. The third kappa shape index (κ3) is 6.09. The van der Waals surface area contributed by atoms with Crippen molar-refractivity contribution < 1.29 is 14.6 Å². The van der Waals surface area contributed by atoms with Gasteiger partial charge in [-0.2, -0.15) is 0 Å². The van der Waals surface area contributed by atoms with Gasteiger partial charge in [0.1, 0.15) is 0 Å². The Morgan fingerprint density at radius 3 is 2.66 bits per heavy atom. The highest BCUT2D eigenvalue weighted by Gasteiger charge is 2.24. The molecule has 0 spiro atoms. The van der Waals surface area contributed by atoms with E-state index in [1.807, 2.05) is 24.3 Å². The molecule has 0 aromatic heterocycles. The van der Waals surface area contributed by atoms with Crippen LogP contribution >= 0.6 is 0 Å². The van der Waals surface area contributed by atoms with Crippen LogP contribution in [0.15, 0.2) is 48.5 Å². The maximum atomic E-state index is 12.7. The van der Waals surface area contributed by atoms with Crippen LogP contribution in [0.25, 0.3) is 0 Å². The fourth-order valence-electron chi connectivity index (χ4n) is 4.89. The SMILES string of the molecule is CC1CC(Nc2cccc(C(=O)NC[C@H](O)CN3CCc4ccccc4C3)c2)CC(C)O1. The van der Waals surface area contributed by atoms with Gasteiger partial charge in [0.15, 0.2) is 0 Å². The van der Waals surface area contributed by atoms with Crippen molar-refractivity contribution in [3.8, 4) is 0 Å². The lowest BCUT2D eigenvalue weighted by Crippen LogP contribution is -2.42. The Morgan fingerprint density at radius 2 is 1.88 bits per heavy atom. The number of fused-ring (bicyclic) bond motifs is 1. The zero-order chi connectivity index (χ0) is 22.5. The average Bonchev–Trinajstić information content (AvgIpc) is 2.77. The Balaban J connectivity index is 1.25. The molecule has 2 aromatic rings. The Kier molecular flexibility index (Phi) is 7.45. The quantitative estimate of drug-likeness (QED) is 0.620. The molecular weight excluding hydrogens is 402 g/mol. The zero-order valence-corrected chi connectivity index (χ0v) is 19.1. The van der Waals surface area contributed by atoms with Gasteiger partial charge in [0, 0.05) is 43.5 Å². The minimum absolute atomic E-state index is 0.162. The molecule has 1 amide bonds. The standard InChI is InChI=1S/C26H35N3O3/c1-18-12-24(13-19(2)32-18)28-23-9-5-8-21(14-23)26(31)27-15-25(30)17-29-11-10-20-6-3-4-7-22(20)16-29/h3-9,14,18-19,24-25,28,30H,10-13,15-17H2,1-2H3,(H,27,31)/t18?,19?,24?,25-/m0/s1. The first-order chi connectivity index (χ1) is 15.5. The molecule has 6 nitrogen and oxygen atoms in total. The number of carbonyl (C=O) groups excluding carboxylic acids is 1. The van der Waals surface area contributed by atoms with Crippen molar-refractivity contribution in [1.82, 2.24) is 10.2 Å². The van der Waals surface area contributed by atoms with E-state index < -0.39 is 6.10 Å². The van der Waals surface area contributed by atoms with Crippen LogP contribution < -0.4 is 10.6 Å². The minimum atomic E-state index is -0.601. The van der Waals surface area contributed by atoms with E-state index in [1.165, 1.54) is 11.1 Å². The highest BCUT2D eigenvalue weighted by atomic mass is 16.5. The van der Waals surface area contributed by atoms with Gasteiger partial charge < -0.3 is 20.5 Å². The van der Waals surface area contributed by atoms with Gasteiger partial charge in [-0.25, -0.2) is 0 Å². The first-order valence-electron chi connectivity index (χ1n) is 11.7. The van der Waals surface area contributed by atoms with Gasteiger partial charge in [0.2, 0.25) is 0 Å². The maximum absolute atomic E-state index is 12.7. The lowest BCUT2D eigenvalue weighted by molar-refractivity contribution is -0.0337. The summed E-state index contributed by atoms with van der Waals surface area (Å²) in [5.41, 5.74) is 4.26. The van der Waals surface area contributed by atoms with E-state index in [0.29, 0.717) is 18.2 Å². The molecule has 32 heavy (non-hydrogen) atoms. The van der Waals surface area contributed by atoms with Gasteiger partial charge in [-0.15, -0.1) is 0 Å². The second kappa shape index (κ2) is 10.5. The lowest BCUT2D eigenvalue weighted by atomic mass is 9.99. The van der Waals surface area contributed by atoms with Crippen molar-refractivity contribution in [1.29, 1.82) is 0 Å². The molecular formula is C26H35N3O3. The van der Waals surface area contributed by atoms with E-state index in [9.17, 15) is 9.90 Å². The van der Waals surface area contributed by atoms with Crippen molar-refractivity contribution in [3.63, 3.8) is 0 Å². The van der Waals surface area contributed by atoms with Gasteiger partial charge in [-0.05, 0) is 62.4 Å². The number of rotatable bonds is 7. The molecule has 3 atom stereocenters. The predicted molar refractivity (Wildman–Crippen MR) is 127 cm³/mol. The number of amides is 1. The van der Waals surface area contributed by atoms with E-state index in [-0.39, 0.29) is 24.7 Å². The van der Waals surface area contributed by atoms with Crippen molar-refractivity contribution in [2.24, 2.45) is 0 Å². The highest BCUT2D eigenvalue weighted by Crippen LogP contribution is 2.23. The lowest BCUT2D eigenvalue weighted by Gasteiger charge is -2.33. The number of ether oxygens (including phenoxy) is 1. The maximum Gasteiger partial charge on any atom is 0.251 e. The van der Waals surface area contributed by atoms with Crippen LogP contribution in [0.1, 0.15) is 48.2 Å². The number of hydrogen-bond acceptors (Lipinski definition) is 5. The fourth-order valence-corrected chi connectivity index (χ4v) is 4.89. The van der Waals surface area contributed by atoms with Crippen molar-refractivity contribution in [2.75, 3.05) is 25.0 Å². The molecule has 0 aliphatic carbocycles. The largest absolute Gasteiger partial charge is 0.390 e. The van der Waals surface area contributed by atoms with E-state index in [2.05, 4.69) is 53.6 Å². The molecule has 1 saturated heterocycles. The summed E-state index contributed by atoms with van der Waals surface area (Å²) in [6, 6.07) is 16.4. The van der Waals surface area contributed by atoms with E-state index in [4.69, 9.17) is 4.74 Å². The number of carbonyl (C=O) groups is 1. The van der Waals surface area contributed by atoms with Gasteiger partial charge >= 0.3 is 0 Å². The van der Waals surface area contributed by atoms with Crippen LogP contribution in [0.3, 0.4) is 0 Å². The van der Waals surface area contributed by atoms with Crippen LogP contribution in [0.5, 0.6) is 0 Å². The monoisotopic (exact) mass is 437 g/mol. The smallest absolute Gasteiger partial charge is 0.251 e. The number of anilines is 1. The van der Waals surface area contributed by atoms with Gasteiger partial charge in [-0.1, -0.05) is 30.3 Å². The Morgan fingerprint density at radius 1 is 1.12 bits per heavy atom. The predicted octanol–water partition coefficient (Wildman–Crippen LogP) is 3.20. The molecule has 0 saturated carbocycles. The van der Waals surface area contributed by atoms with Crippen molar-refractivity contribution in [2.45, 2.75) is 64.0 Å². The second-order valence-electron chi connectivity index (χ2n) is 9.27. The van der Waals surface area contributed by atoms with Crippen LogP contribution in [0.2, 0.25) is 0 Å². The summed E-state index contributed by atoms with van der Waals surface area (Å²) >= 11 is 0. The number of nitrogens with zero attached hydrogens (tertiary/aromatic N) is 1. The molecule has 172 valence electrons.